The molecular weight excluding hydrogens is 426 g/mol. The molecule has 34 heavy (non-hydrogen) atoms. The van der Waals surface area contributed by atoms with E-state index in [9.17, 15) is 4.79 Å². The number of carbonyl (C=O) groups excluding carboxylic acids is 1. The number of ether oxygens (including phenoxy) is 3. The van der Waals surface area contributed by atoms with Gasteiger partial charge in [0.05, 0.1) is 25.5 Å². The molecule has 4 aromatic carbocycles. The van der Waals surface area contributed by atoms with Crippen molar-refractivity contribution in [1.29, 1.82) is 0 Å². The van der Waals surface area contributed by atoms with Crippen LogP contribution < -0.4 is 14.4 Å². The monoisotopic (exact) mass is 449 g/mol. The molecular formula is C29H23NO4. The van der Waals surface area contributed by atoms with Crippen molar-refractivity contribution in [2.45, 2.75) is 11.8 Å². The fourth-order valence-electron chi connectivity index (χ4n) is 5.18. The van der Waals surface area contributed by atoms with Gasteiger partial charge in [-0.3, -0.25) is 9.69 Å². The molecule has 2 heterocycles. The zero-order chi connectivity index (χ0) is 23.3. The van der Waals surface area contributed by atoms with Gasteiger partial charge in [-0.15, -0.1) is 0 Å². The van der Waals surface area contributed by atoms with Crippen LogP contribution in [0.3, 0.4) is 0 Å². The van der Waals surface area contributed by atoms with Crippen LogP contribution >= 0.6 is 0 Å². The average molecular weight is 450 g/mol. The number of nitrogens with zero attached hydrogens (tertiary/aromatic N) is 1. The van der Waals surface area contributed by atoms with Gasteiger partial charge in [0.1, 0.15) is 5.60 Å². The molecule has 0 aromatic heterocycles. The molecule has 1 unspecified atom stereocenters. The molecule has 2 aliphatic heterocycles. The number of anilines is 1. The third kappa shape index (κ3) is 2.74. The molecule has 0 fully saturated rings. The van der Waals surface area contributed by atoms with Crippen molar-refractivity contribution in [3.63, 3.8) is 0 Å². The molecule has 0 N–H and O–H groups in total. The lowest BCUT2D eigenvalue weighted by Gasteiger charge is -2.46. The summed E-state index contributed by atoms with van der Waals surface area (Å²) in [7, 11) is 3.16. The number of fused-ring (bicyclic) bond motifs is 5. The van der Waals surface area contributed by atoms with Gasteiger partial charge in [-0.1, -0.05) is 78.9 Å². The highest BCUT2D eigenvalue weighted by Crippen LogP contribution is 2.56. The van der Waals surface area contributed by atoms with Gasteiger partial charge >= 0.3 is 0 Å². The number of rotatable bonds is 4. The number of para-hydroxylation sites is 1. The van der Waals surface area contributed by atoms with Crippen LogP contribution in [0.2, 0.25) is 0 Å². The lowest BCUT2D eigenvalue weighted by Crippen LogP contribution is -2.45. The van der Waals surface area contributed by atoms with E-state index in [1.54, 1.807) is 25.2 Å². The van der Waals surface area contributed by atoms with Crippen LogP contribution in [0, 0.1) is 0 Å². The first-order valence-corrected chi connectivity index (χ1v) is 11.2. The smallest absolute Gasteiger partial charge is 0.261 e. The maximum absolute atomic E-state index is 13.7. The van der Waals surface area contributed by atoms with Crippen molar-refractivity contribution in [3.8, 4) is 11.5 Å². The first kappa shape index (κ1) is 20.5. The van der Waals surface area contributed by atoms with E-state index >= 15 is 0 Å². The van der Waals surface area contributed by atoms with Crippen LogP contribution in [0.15, 0.2) is 97.1 Å². The van der Waals surface area contributed by atoms with Crippen LogP contribution in [0.4, 0.5) is 5.69 Å². The lowest BCUT2D eigenvalue weighted by molar-refractivity contribution is -0.0540. The van der Waals surface area contributed by atoms with E-state index in [1.165, 1.54) is 0 Å². The van der Waals surface area contributed by atoms with Crippen LogP contribution in [0.5, 0.6) is 11.5 Å². The summed E-state index contributed by atoms with van der Waals surface area (Å²) < 4.78 is 18.1. The summed E-state index contributed by atoms with van der Waals surface area (Å²) in [6.45, 7) is 0. The molecule has 0 spiro atoms. The van der Waals surface area contributed by atoms with Crippen molar-refractivity contribution >= 4 is 11.6 Å². The molecule has 5 heteroatoms. The Hall–Kier alpha value is -4.09. The second kappa shape index (κ2) is 7.75. The molecule has 4 aromatic rings. The van der Waals surface area contributed by atoms with Gasteiger partial charge in [-0.25, -0.2) is 0 Å². The van der Waals surface area contributed by atoms with Crippen molar-refractivity contribution in [2.24, 2.45) is 0 Å². The highest BCUT2D eigenvalue weighted by molar-refractivity contribution is 6.12. The normalized spacial score (nSPS) is 17.5. The predicted octanol–water partition coefficient (Wildman–Crippen LogP) is 5.68. The van der Waals surface area contributed by atoms with Crippen LogP contribution in [0.25, 0.3) is 0 Å². The van der Waals surface area contributed by atoms with E-state index in [-0.39, 0.29) is 5.91 Å². The first-order chi connectivity index (χ1) is 16.7. The Bertz CT molecular complexity index is 1340. The number of benzene rings is 4. The van der Waals surface area contributed by atoms with Crippen molar-refractivity contribution < 1.29 is 19.0 Å². The molecule has 0 radical (unpaired) electrons. The van der Waals surface area contributed by atoms with E-state index < -0.39 is 11.8 Å². The van der Waals surface area contributed by atoms with Crippen LogP contribution in [-0.4, -0.2) is 20.1 Å². The number of hydrogen-bond acceptors (Lipinski definition) is 4. The fraction of sp³-hybridized carbons (Fsp3) is 0.138. The van der Waals surface area contributed by atoms with E-state index in [4.69, 9.17) is 14.2 Å². The van der Waals surface area contributed by atoms with Crippen molar-refractivity contribution in [1.82, 2.24) is 0 Å². The topological polar surface area (TPSA) is 48.0 Å². The maximum Gasteiger partial charge on any atom is 0.261 e. The third-order valence-corrected chi connectivity index (χ3v) is 6.70. The highest BCUT2D eigenvalue weighted by Gasteiger charge is 2.53. The second-order valence-corrected chi connectivity index (χ2v) is 8.37. The molecule has 5 nitrogen and oxygen atoms in total. The van der Waals surface area contributed by atoms with Gasteiger partial charge < -0.3 is 14.2 Å². The Labute approximate surface area is 198 Å². The number of carbonyl (C=O) groups is 1. The standard InChI is InChI=1S/C29H23NO4/c1-32-25-17-21-22(18-26(25)33-2)28-30(27(21)31)24-16-10-9-15-23(24)29(34-28,19-11-5-3-6-12-19)20-13-7-4-8-14-20/h3-18,28H,1-2H3. The van der Waals surface area contributed by atoms with E-state index in [2.05, 4.69) is 24.3 Å². The summed E-state index contributed by atoms with van der Waals surface area (Å²) in [6, 6.07) is 31.9. The Kier molecular flexibility index (Phi) is 4.67. The molecule has 0 saturated heterocycles. The Morgan fingerprint density at radius 1 is 0.765 bits per heavy atom. The molecule has 168 valence electrons. The van der Waals surface area contributed by atoms with Gasteiger partial charge in [0.15, 0.2) is 17.7 Å². The molecule has 0 aliphatic carbocycles. The largest absolute Gasteiger partial charge is 0.493 e. The highest BCUT2D eigenvalue weighted by atomic mass is 16.5. The van der Waals surface area contributed by atoms with Gasteiger partial charge in [0, 0.05) is 11.1 Å². The van der Waals surface area contributed by atoms with Gasteiger partial charge in [-0.2, -0.15) is 0 Å². The van der Waals surface area contributed by atoms with Crippen molar-refractivity contribution in [3.05, 3.63) is 125 Å². The van der Waals surface area contributed by atoms with Crippen LogP contribution in [-0.2, 0) is 10.3 Å². The van der Waals surface area contributed by atoms with Crippen molar-refractivity contribution in [2.75, 3.05) is 19.1 Å². The average Bonchev–Trinajstić information content (AvgIpc) is 3.18. The molecule has 1 amide bonds. The molecule has 0 saturated carbocycles. The quantitative estimate of drug-likeness (QED) is 0.402. The summed E-state index contributed by atoms with van der Waals surface area (Å²) in [5.41, 5.74) is 4.14. The minimum atomic E-state index is -0.907. The summed E-state index contributed by atoms with van der Waals surface area (Å²) in [5, 5.41) is 0. The maximum atomic E-state index is 13.7. The molecule has 1 atom stereocenters. The van der Waals surface area contributed by atoms with Crippen LogP contribution in [0.1, 0.15) is 38.8 Å². The predicted molar refractivity (Wildman–Crippen MR) is 129 cm³/mol. The summed E-state index contributed by atoms with van der Waals surface area (Å²) >= 11 is 0. The number of hydrogen-bond donors (Lipinski definition) is 0. The van der Waals surface area contributed by atoms with E-state index in [0.717, 1.165) is 27.9 Å². The van der Waals surface area contributed by atoms with E-state index in [1.807, 2.05) is 66.7 Å². The fourth-order valence-corrected chi connectivity index (χ4v) is 5.18. The summed E-state index contributed by atoms with van der Waals surface area (Å²) in [5.74, 6) is 0.951. The number of methoxy groups -OCH3 is 2. The zero-order valence-electron chi connectivity index (χ0n) is 18.9. The molecule has 6 rings (SSSR count). The molecule has 0 bridgehead atoms. The Balaban J connectivity index is 1.66. The zero-order valence-corrected chi connectivity index (χ0v) is 18.9. The summed E-state index contributed by atoms with van der Waals surface area (Å²) in [4.78, 5) is 15.4. The van der Waals surface area contributed by atoms with Gasteiger partial charge in [0.25, 0.3) is 5.91 Å². The summed E-state index contributed by atoms with van der Waals surface area (Å²) in [6.07, 6.45) is -0.627. The van der Waals surface area contributed by atoms with Gasteiger partial charge in [0.2, 0.25) is 0 Å². The first-order valence-electron chi connectivity index (χ1n) is 11.2. The minimum Gasteiger partial charge on any atom is -0.493 e. The Morgan fingerprint density at radius 2 is 1.32 bits per heavy atom. The SMILES string of the molecule is COc1cc2c(cc1OC)C1OC(c3ccccc3)(c3ccccc3)c3ccccc3N1C2=O. The van der Waals surface area contributed by atoms with Gasteiger partial charge in [-0.05, 0) is 29.3 Å². The van der Waals surface area contributed by atoms with E-state index in [0.29, 0.717) is 17.1 Å². The molecule has 2 aliphatic rings. The minimum absolute atomic E-state index is 0.122. The number of amides is 1. The Morgan fingerprint density at radius 3 is 1.94 bits per heavy atom. The third-order valence-electron chi connectivity index (χ3n) is 6.70. The second-order valence-electron chi connectivity index (χ2n) is 8.37. The lowest BCUT2D eigenvalue weighted by atomic mass is 9.78.